The maximum Gasteiger partial charge on any atom is 0.325 e. The number of nitrogens with zero attached hydrogens (tertiary/aromatic N) is 2. The molecule has 1 aliphatic rings. The smallest absolute Gasteiger partial charge is 0.325 e. The van der Waals surface area contributed by atoms with E-state index in [0.29, 0.717) is 38.5 Å². The standard InChI is InChI=1S/C35H36N2O7/c38-34-33(35(39)44-23-21-42-19-17-40-16-18-41-20-22-43-34)29-24-37(31-13-7-5-11-28(29)31)32(26-8-2-1-3-9-26)25-36-15-14-27-10-4-6-12-30(27)36/h1-15,24,32-33H,16-23,25H2. The van der Waals surface area contributed by atoms with Crippen LogP contribution in [-0.2, 0) is 39.8 Å². The summed E-state index contributed by atoms with van der Waals surface area (Å²) in [4.78, 5) is 27.1. The Hall–Kier alpha value is -4.44. The van der Waals surface area contributed by atoms with Crippen molar-refractivity contribution in [3.8, 4) is 0 Å². The molecular weight excluding hydrogens is 560 g/mol. The fraction of sp³-hybridized carbons (Fsp3) is 0.314. The molecule has 2 aromatic heterocycles. The number of hydrogen-bond donors (Lipinski definition) is 0. The average Bonchev–Trinajstić information content (AvgIpc) is 3.64. The first-order chi connectivity index (χ1) is 21.7. The lowest BCUT2D eigenvalue weighted by Gasteiger charge is -2.22. The first-order valence-corrected chi connectivity index (χ1v) is 15.0. The minimum absolute atomic E-state index is 0.0116. The summed E-state index contributed by atoms with van der Waals surface area (Å²) in [6.07, 6.45) is 4.00. The molecule has 0 amide bonds. The highest BCUT2D eigenvalue weighted by molar-refractivity contribution is 6.05. The number of hydrogen-bond acceptors (Lipinski definition) is 7. The molecule has 5 aromatic rings. The van der Waals surface area contributed by atoms with Crippen LogP contribution >= 0.6 is 0 Å². The Balaban J connectivity index is 1.39. The molecule has 3 heterocycles. The molecule has 6 rings (SSSR count). The summed E-state index contributed by atoms with van der Waals surface area (Å²) in [7, 11) is 0. The fourth-order valence-electron chi connectivity index (χ4n) is 5.70. The lowest BCUT2D eigenvalue weighted by atomic mass is 9.98. The van der Waals surface area contributed by atoms with Crippen LogP contribution in [0.5, 0.6) is 0 Å². The molecule has 3 aromatic carbocycles. The number of para-hydroxylation sites is 2. The minimum atomic E-state index is -1.28. The highest BCUT2D eigenvalue weighted by atomic mass is 16.6. The third-order valence-corrected chi connectivity index (χ3v) is 7.81. The maximum absolute atomic E-state index is 13.6. The normalized spacial score (nSPS) is 17.4. The quantitative estimate of drug-likeness (QED) is 0.206. The van der Waals surface area contributed by atoms with E-state index in [1.54, 1.807) is 0 Å². The van der Waals surface area contributed by atoms with E-state index < -0.39 is 17.9 Å². The van der Waals surface area contributed by atoms with Crippen molar-refractivity contribution in [1.82, 2.24) is 9.13 Å². The highest BCUT2D eigenvalue weighted by Crippen LogP contribution is 2.35. The van der Waals surface area contributed by atoms with E-state index in [1.165, 1.54) is 0 Å². The van der Waals surface area contributed by atoms with Crippen molar-refractivity contribution in [2.75, 3.05) is 52.9 Å². The summed E-state index contributed by atoms with van der Waals surface area (Å²) < 4.78 is 32.0. The van der Waals surface area contributed by atoms with Gasteiger partial charge < -0.3 is 32.8 Å². The maximum atomic E-state index is 13.6. The van der Waals surface area contributed by atoms with Crippen LogP contribution in [0.15, 0.2) is 97.3 Å². The summed E-state index contributed by atoms with van der Waals surface area (Å²) in [5, 5.41) is 1.94. The van der Waals surface area contributed by atoms with E-state index in [9.17, 15) is 9.59 Å². The monoisotopic (exact) mass is 596 g/mol. The number of rotatable bonds is 5. The number of esters is 2. The molecule has 1 aliphatic heterocycles. The molecule has 0 bridgehead atoms. The van der Waals surface area contributed by atoms with E-state index in [2.05, 4.69) is 45.7 Å². The molecule has 0 aliphatic carbocycles. The van der Waals surface area contributed by atoms with Crippen LogP contribution in [0.1, 0.15) is 23.1 Å². The van der Waals surface area contributed by atoms with Crippen LogP contribution in [0, 0.1) is 0 Å². The van der Waals surface area contributed by atoms with Crippen molar-refractivity contribution >= 4 is 33.7 Å². The lowest BCUT2D eigenvalue weighted by Crippen LogP contribution is -2.28. The number of carbonyl (C=O) groups excluding carboxylic acids is 2. The third kappa shape index (κ3) is 6.70. The molecule has 0 radical (unpaired) electrons. The van der Waals surface area contributed by atoms with Crippen LogP contribution in [0.25, 0.3) is 21.8 Å². The third-order valence-electron chi connectivity index (χ3n) is 7.81. The van der Waals surface area contributed by atoms with Gasteiger partial charge in [-0.1, -0.05) is 66.7 Å². The van der Waals surface area contributed by atoms with Gasteiger partial charge in [0.15, 0.2) is 5.92 Å². The first kappa shape index (κ1) is 29.6. The van der Waals surface area contributed by atoms with Gasteiger partial charge in [-0.3, -0.25) is 9.59 Å². The second-order valence-corrected chi connectivity index (χ2v) is 10.6. The molecule has 1 saturated heterocycles. The van der Waals surface area contributed by atoms with Crippen molar-refractivity contribution < 1.29 is 33.3 Å². The Kier molecular flexibility index (Phi) is 9.66. The topological polar surface area (TPSA) is 90.2 Å². The van der Waals surface area contributed by atoms with Gasteiger partial charge in [0.25, 0.3) is 0 Å². The summed E-state index contributed by atoms with van der Waals surface area (Å²) in [5.41, 5.74) is 3.65. The second kappa shape index (κ2) is 14.4. The van der Waals surface area contributed by atoms with Crippen molar-refractivity contribution in [3.63, 3.8) is 0 Å². The Morgan fingerprint density at radius 1 is 0.636 bits per heavy atom. The van der Waals surface area contributed by atoms with E-state index in [1.807, 2.05) is 60.8 Å². The molecular formula is C35H36N2O7. The molecule has 228 valence electrons. The van der Waals surface area contributed by atoms with Crippen LogP contribution in [0.2, 0.25) is 0 Å². The molecule has 1 atom stereocenters. The van der Waals surface area contributed by atoms with Gasteiger partial charge in [-0.15, -0.1) is 0 Å². The number of ether oxygens (including phenoxy) is 5. The fourth-order valence-corrected chi connectivity index (χ4v) is 5.70. The molecule has 1 unspecified atom stereocenters. The summed E-state index contributed by atoms with van der Waals surface area (Å²) >= 11 is 0. The Bertz CT molecular complexity index is 1670. The molecule has 9 nitrogen and oxygen atoms in total. The van der Waals surface area contributed by atoms with Gasteiger partial charge in [-0.05, 0) is 29.1 Å². The van der Waals surface area contributed by atoms with Crippen molar-refractivity contribution in [2.45, 2.75) is 18.5 Å². The Labute approximate surface area is 255 Å². The predicted octanol–water partition coefficient (Wildman–Crippen LogP) is 5.12. The first-order valence-electron chi connectivity index (χ1n) is 15.0. The lowest BCUT2D eigenvalue weighted by molar-refractivity contribution is -0.159. The van der Waals surface area contributed by atoms with Crippen molar-refractivity contribution in [3.05, 3.63) is 108 Å². The number of fused-ring (bicyclic) bond motifs is 2. The van der Waals surface area contributed by atoms with Crippen molar-refractivity contribution in [1.29, 1.82) is 0 Å². The molecule has 44 heavy (non-hydrogen) atoms. The molecule has 0 N–H and O–H groups in total. The van der Waals surface area contributed by atoms with E-state index in [4.69, 9.17) is 23.7 Å². The number of aromatic nitrogens is 2. The van der Waals surface area contributed by atoms with Crippen molar-refractivity contribution in [2.24, 2.45) is 0 Å². The Morgan fingerprint density at radius 3 is 1.89 bits per heavy atom. The van der Waals surface area contributed by atoms with E-state index in [0.717, 1.165) is 27.4 Å². The van der Waals surface area contributed by atoms with Gasteiger partial charge in [-0.25, -0.2) is 0 Å². The van der Waals surface area contributed by atoms with E-state index in [-0.39, 0.29) is 32.5 Å². The molecule has 9 heteroatoms. The van der Waals surface area contributed by atoms with Gasteiger partial charge in [0.1, 0.15) is 13.2 Å². The van der Waals surface area contributed by atoms with E-state index >= 15 is 0 Å². The van der Waals surface area contributed by atoms with Gasteiger partial charge in [0, 0.05) is 40.9 Å². The van der Waals surface area contributed by atoms with Crippen LogP contribution in [-0.4, -0.2) is 73.9 Å². The van der Waals surface area contributed by atoms with Gasteiger partial charge in [0.05, 0.1) is 45.7 Å². The van der Waals surface area contributed by atoms with Crippen LogP contribution in [0.4, 0.5) is 0 Å². The van der Waals surface area contributed by atoms with Crippen LogP contribution in [0.3, 0.4) is 0 Å². The molecule has 0 saturated carbocycles. The zero-order valence-corrected chi connectivity index (χ0v) is 24.5. The number of cyclic esters (lactones) is 2. The summed E-state index contributed by atoms with van der Waals surface area (Å²) in [5.74, 6) is -2.64. The Morgan fingerprint density at radius 2 is 1.20 bits per heavy atom. The second-order valence-electron chi connectivity index (χ2n) is 10.6. The van der Waals surface area contributed by atoms with Gasteiger partial charge in [-0.2, -0.15) is 0 Å². The molecule has 0 spiro atoms. The highest BCUT2D eigenvalue weighted by Gasteiger charge is 2.35. The summed E-state index contributed by atoms with van der Waals surface area (Å²) in [6.45, 7) is 2.60. The molecule has 1 fully saturated rings. The summed E-state index contributed by atoms with van der Waals surface area (Å²) in [6, 6.07) is 28.3. The SMILES string of the molecule is O=C1OCCOCCOCCOCCOC(=O)C1c1cn(C(Cn2ccc3ccccc32)c2ccccc2)c2ccccc12. The average molecular weight is 597 g/mol. The van der Waals surface area contributed by atoms with Gasteiger partial charge >= 0.3 is 11.9 Å². The zero-order valence-electron chi connectivity index (χ0n) is 24.5. The van der Waals surface area contributed by atoms with Crippen LogP contribution < -0.4 is 0 Å². The zero-order chi connectivity index (χ0) is 30.1. The number of carbonyl (C=O) groups is 2. The van der Waals surface area contributed by atoms with Gasteiger partial charge in [0.2, 0.25) is 0 Å². The predicted molar refractivity (Wildman–Crippen MR) is 166 cm³/mol. The number of benzene rings is 3. The minimum Gasteiger partial charge on any atom is -0.462 e. The largest absolute Gasteiger partial charge is 0.462 e.